The van der Waals surface area contributed by atoms with Gasteiger partial charge in [0.1, 0.15) is 5.75 Å². The molecule has 134 valence electrons. The summed E-state index contributed by atoms with van der Waals surface area (Å²) in [6.07, 6.45) is 3.30. The van der Waals surface area contributed by atoms with E-state index in [4.69, 9.17) is 10.5 Å². The molecule has 1 saturated heterocycles. The van der Waals surface area contributed by atoms with Gasteiger partial charge in [-0.2, -0.15) is 0 Å². The van der Waals surface area contributed by atoms with E-state index in [-0.39, 0.29) is 11.6 Å². The minimum Gasteiger partial charge on any atom is -0.496 e. The largest absolute Gasteiger partial charge is 0.496 e. The Morgan fingerprint density at radius 1 is 1.28 bits per heavy atom. The van der Waals surface area contributed by atoms with Crippen LogP contribution in [0.1, 0.15) is 37.8 Å². The molecule has 2 aliphatic rings. The first kappa shape index (κ1) is 16.5. The van der Waals surface area contributed by atoms with Gasteiger partial charge in [0.15, 0.2) is 0 Å². The fraction of sp³-hybridized carbons (Fsp3) is 0.550. The Morgan fingerprint density at radius 3 is 2.64 bits per heavy atom. The number of hydrogen-bond acceptors (Lipinski definition) is 4. The highest BCUT2D eigenvalue weighted by Crippen LogP contribution is 2.40. The first-order chi connectivity index (χ1) is 12.0. The van der Waals surface area contributed by atoms with Gasteiger partial charge in [-0.1, -0.05) is 0 Å². The SMILES string of the molecule is COc1cc(=O)n(C2CC2)c2c(C)c(N3CCC([C@H](C)N)C3)ccc12. The summed E-state index contributed by atoms with van der Waals surface area (Å²) in [5.74, 6) is 1.20. The zero-order valence-corrected chi connectivity index (χ0v) is 15.3. The van der Waals surface area contributed by atoms with Crippen molar-refractivity contribution in [1.82, 2.24) is 4.57 Å². The van der Waals surface area contributed by atoms with Gasteiger partial charge in [-0.25, -0.2) is 0 Å². The molecule has 0 radical (unpaired) electrons. The van der Waals surface area contributed by atoms with Gasteiger partial charge in [0.2, 0.25) is 0 Å². The van der Waals surface area contributed by atoms with Crippen molar-refractivity contribution >= 4 is 16.6 Å². The Labute approximate surface area is 148 Å². The monoisotopic (exact) mass is 341 g/mol. The van der Waals surface area contributed by atoms with Crippen LogP contribution in [0.25, 0.3) is 10.9 Å². The predicted molar refractivity (Wildman–Crippen MR) is 102 cm³/mol. The zero-order chi connectivity index (χ0) is 17.7. The average molecular weight is 341 g/mol. The maximum atomic E-state index is 12.7. The Bertz CT molecular complexity index is 867. The van der Waals surface area contributed by atoms with Crippen LogP contribution in [-0.4, -0.2) is 30.8 Å². The summed E-state index contributed by atoms with van der Waals surface area (Å²) in [7, 11) is 1.63. The number of hydrogen-bond donors (Lipinski definition) is 1. The van der Waals surface area contributed by atoms with Gasteiger partial charge in [0.05, 0.1) is 12.6 Å². The van der Waals surface area contributed by atoms with Gasteiger partial charge in [0.25, 0.3) is 5.56 Å². The van der Waals surface area contributed by atoms with E-state index >= 15 is 0 Å². The van der Waals surface area contributed by atoms with E-state index in [2.05, 4.69) is 30.9 Å². The van der Waals surface area contributed by atoms with E-state index in [9.17, 15) is 4.79 Å². The van der Waals surface area contributed by atoms with Crippen molar-refractivity contribution in [2.45, 2.75) is 45.2 Å². The van der Waals surface area contributed by atoms with Gasteiger partial charge in [-0.05, 0) is 56.7 Å². The Hall–Kier alpha value is -2.01. The lowest BCUT2D eigenvalue weighted by atomic mass is 10.0. The molecule has 1 unspecified atom stereocenters. The van der Waals surface area contributed by atoms with Crippen LogP contribution in [0.5, 0.6) is 5.75 Å². The molecular weight excluding hydrogens is 314 g/mol. The van der Waals surface area contributed by atoms with Gasteiger partial charge < -0.3 is 19.9 Å². The van der Waals surface area contributed by atoms with Crippen LogP contribution >= 0.6 is 0 Å². The van der Waals surface area contributed by atoms with Crippen molar-refractivity contribution in [1.29, 1.82) is 0 Å². The minimum atomic E-state index is 0.0435. The third-order valence-electron chi connectivity index (χ3n) is 5.84. The number of rotatable bonds is 4. The Kier molecular flexibility index (Phi) is 3.99. The number of nitrogens with zero attached hydrogens (tertiary/aromatic N) is 2. The fourth-order valence-electron chi connectivity index (χ4n) is 4.21. The second-order valence-corrected chi connectivity index (χ2v) is 7.61. The number of anilines is 1. The molecule has 1 aromatic carbocycles. The van der Waals surface area contributed by atoms with Crippen molar-refractivity contribution in [3.63, 3.8) is 0 Å². The number of methoxy groups -OCH3 is 1. The smallest absolute Gasteiger partial charge is 0.255 e. The summed E-state index contributed by atoms with van der Waals surface area (Å²) in [6, 6.07) is 6.46. The van der Waals surface area contributed by atoms with Crippen LogP contribution in [0.4, 0.5) is 5.69 Å². The summed E-state index contributed by atoms with van der Waals surface area (Å²) < 4.78 is 7.47. The number of nitrogens with two attached hydrogens (primary N) is 1. The number of fused-ring (bicyclic) bond motifs is 1. The van der Waals surface area contributed by atoms with Crippen molar-refractivity contribution < 1.29 is 4.74 Å². The third kappa shape index (κ3) is 2.71. The molecule has 0 spiro atoms. The highest BCUT2D eigenvalue weighted by molar-refractivity contribution is 5.92. The number of aryl methyl sites for hydroxylation is 1. The molecule has 1 aliphatic carbocycles. The molecule has 2 N–H and O–H groups in total. The van der Waals surface area contributed by atoms with E-state index in [1.165, 1.54) is 11.3 Å². The number of aromatic nitrogens is 1. The Morgan fingerprint density at radius 2 is 2.04 bits per heavy atom. The van der Waals surface area contributed by atoms with Gasteiger partial charge >= 0.3 is 0 Å². The average Bonchev–Trinajstić information content (AvgIpc) is 3.30. The quantitative estimate of drug-likeness (QED) is 0.929. The third-order valence-corrected chi connectivity index (χ3v) is 5.84. The normalized spacial score (nSPS) is 21.8. The van der Waals surface area contributed by atoms with E-state index in [1.54, 1.807) is 13.2 Å². The molecule has 1 aromatic heterocycles. The van der Waals surface area contributed by atoms with Crippen LogP contribution in [-0.2, 0) is 0 Å². The second kappa shape index (κ2) is 6.06. The highest BCUT2D eigenvalue weighted by atomic mass is 16.5. The molecule has 1 saturated carbocycles. The zero-order valence-electron chi connectivity index (χ0n) is 15.3. The molecule has 0 amide bonds. The predicted octanol–water partition coefficient (Wildman–Crippen LogP) is 2.83. The molecule has 25 heavy (non-hydrogen) atoms. The summed E-state index contributed by atoms with van der Waals surface area (Å²) in [5, 5.41) is 1.03. The lowest BCUT2D eigenvalue weighted by molar-refractivity contribution is 0.418. The second-order valence-electron chi connectivity index (χ2n) is 7.61. The molecule has 0 bridgehead atoms. The summed E-state index contributed by atoms with van der Waals surface area (Å²) in [4.78, 5) is 15.1. The van der Waals surface area contributed by atoms with Crippen LogP contribution < -0.4 is 20.9 Å². The highest BCUT2D eigenvalue weighted by Gasteiger charge is 2.30. The number of ether oxygens (including phenoxy) is 1. The maximum absolute atomic E-state index is 12.7. The standard InChI is InChI=1S/C20H27N3O2/c1-12-17(22-9-8-14(11-22)13(2)21)7-6-16-18(25-3)10-19(24)23(20(12)16)15-4-5-15/h6-7,10,13-15H,4-5,8-9,11,21H2,1-3H3/t13-,14?/m0/s1. The number of pyridine rings is 1. The van der Waals surface area contributed by atoms with Gasteiger partial charge in [0, 0.05) is 42.3 Å². The van der Waals surface area contributed by atoms with Crippen molar-refractivity contribution in [2.75, 3.05) is 25.1 Å². The summed E-state index contributed by atoms with van der Waals surface area (Å²) >= 11 is 0. The van der Waals surface area contributed by atoms with E-state index in [1.807, 2.05) is 4.57 Å². The first-order valence-corrected chi connectivity index (χ1v) is 9.24. The fourth-order valence-corrected chi connectivity index (χ4v) is 4.21. The van der Waals surface area contributed by atoms with Crippen molar-refractivity contribution in [3.8, 4) is 5.75 Å². The van der Waals surface area contributed by atoms with E-state index < -0.39 is 0 Å². The first-order valence-electron chi connectivity index (χ1n) is 9.24. The topological polar surface area (TPSA) is 60.5 Å². The summed E-state index contributed by atoms with van der Waals surface area (Å²) in [5.41, 5.74) is 9.58. The molecule has 4 rings (SSSR count). The van der Waals surface area contributed by atoms with Crippen LogP contribution in [0.15, 0.2) is 23.0 Å². The van der Waals surface area contributed by atoms with Gasteiger partial charge in [-0.3, -0.25) is 4.79 Å². The molecule has 1 aliphatic heterocycles. The minimum absolute atomic E-state index is 0.0435. The van der Waals surface area contributed by atoms with E-state index in [0.717, 1.165) is 43.3 Å². The van der Waals surface area contributed by atoms with Crippen molar-refractivity contribution in [3.05, 3.63) is 34.1 Å². The molecule has 2 aromatic rings. The van der Waals surface area contributed by atoms with Crippen LogP contribution in [0.3, 0.4) is 0 Å². The maximum Gasteiger partial charge on any atom is 0.255 e. The van der Waals surface area contributed by atoms with Crippen LogP contribution in [0.2, 0.25) is 0 Å². The van der Waals surface area contributed by atoms with Crippen LogP contribution in [0, 0.1) is 12.8 Å². The molecule has 5 nitrogen and oxygen atoms in total. The van der Waals surface area contributed by atoms with Gasteiger partial charge in [-0.15, -0.1) is 0 Å². The molecule has 2 fully saturated rings. The molecule has 5 heteroatoms. The Balaban J connectivity index is 1.87. The van der Waals surface area contributed by atoms with E-state index in [0.29, 0.717) is 17.7 Å². The summed E-state index contributed by atoms with van der Waals surface area (Å²) in [6.45, 7) is 6.24. The molecule has 2 heterocycles. The molecular formula is C20H27N3O2. The molecule has 2 atom stereocenters. The van der Waals surface area contributed by atoms with Crippen molar-refractivity contribution in [2.24, 2.45) is 11.7 Å². The lowest BCUT2D eigenvalue weighted by Gasteiger charge is -2.24. The lowest BCUT2D eigenvalue weighted by Crippen LogP contribution is -2.30. The number of benzene rings is 1.